The van der Waals surface area contributed by atoms with Crippen molar-refractivity contribution in [3.8, 4) is 0 Å². The van der Waals surface area contributed by atoms with E-state index in [1.165, 1.54) is 24.3 Å². The molecule has 0 bridgehead atoms. The second kappa shape index (κ2) is 11.4. The van der Waals surface area contributed by atoms with Gasteiger partial charge in [0.25, 0.3) is 11.8 Å². The maximum atomic E-state index is 12.5. The molecule has 0 saturated heterocycles. The van der Waals surface area contributed by atoms with Gasteiger partial charge in [-0.3, -0.25) is 9.59 Å². The summed E-state index contributed by atoms with van der Waals surface area (Å²) in [6.45, 7) is 0. The molecule has 3 aromatic rings. The molecule has 34 heavy (non-hydrogen) atoms. The standard InChI is InChI=1S/C26H24N2O6/c29-23(27-21(25(31)32)15-17-7-3-1-4-8-17)19-11-13-20(14-12-19)24(30)28-22(26(33)34)16-18-9-5-2-6-10-18/h1-14,21-22H,15-16H2,(H,27,29)(H,28,30)(H,31,32)(H,33,34)/t21-,22+. The van der Waals surface area contributed by atoms with Crippen LogP contribution in [-0.4, -0.2) is 46.0 Å². The van der Waals surface area contributed by atoms with Crippen molar-refractivity contribution in [2.24, 2.45) is 0 Å². The highest BCUT2D eigenvalue weighted by molar-refractivity contribution is 6.00. The van der Waals surface area contributed by atoms with E-state index in [-0.39, 0.29) is 24.0 Å². The molecule has 3 aromatic carbocycles. The predicted molar refractivity (Wildman–Crippen MR) is 125 cm³/mol. The van der Waals surface area contributed by atoms with E-state index in [9.17, 15) is 29.4 Å². The van der Waals surface area contributed by atoms with E-state index < -0.39 is 35.8 Å². The molecule has 0 spiro atoms. The molecule has 0 radical (unpaired) electrons. The molecule has 0 heterocycles. The summed E-state index contributed by atoms with van der Waals surface area (Å²) >= 11 is 0. The van der Waals surface area contributed by atoms with Crippen molar-refractivity contribution in [2.45, 2.75) is 24.9 Å². The van der Waals surface area contributed by atoms with E-state index in [0.29, 0.717) is 0 Å². The molecule has 0 aliphatic rings. The minimum atomic E-state index is -1.16. The molecule has 0 saturated carbocycles. The fraction of sp³-hybridized carbons (Fsp3) is 0.154. The number of amides is 2. The number of carboxylic acid groups (broad SMARTS) is 2. The zero-order valence-corrected chi connectivity index (χ0v) is 18.2. The molecule has 2 amide bonds. The molecule has 8 nitrogen and oxygen atoms in total. The van der Waals surface area contributed by atoms with Crippen molar-refractivity contribution in [3.63, 3.8) is 0 Å². The second-order valence-corrected chi connectivity index (χ2v) is 7.69. The van der Waals surface area contributed by atoms with Crippen LogP contribution in [0, 0.1) is 0 Å². The fourth-order valence-electron chi connectivity index (χ4n) is 3.36. The van der Waals surface area contributed by atoms with E-state index in [1.54, 1.807) is 48.5 Å². The van der Waals surface area contributed by atoms with Crippen LogP contribution in [0.25, 0.3) is 0 Å². The lowest BCUT2D eigenvalue weighted by molar-refractivity contribution is -0.140. The topological polar surface area (TPSA) is 133 Å². The lowest BCUT2D eigenvalue weighted by Gasteiger charge is -2.16. The van der Waals surface area contributed by atoms with E-state index >= 15 is 0 Å². The van der Waals surface area contributed by atoms with Crippen molar-refractivity contribution in [3.05, 3.63) is 107 Å². The summed E-state index contributed by atoms with van der Waals surface area (Å²) < 4.78 is 0. The van der Waals surface area contributed by atoms with Crippen LogP contribution in [-0.2, 0) is 22.4 Å². The highest BCUT2D eigenvalue weighted by Crippen LogP contribution is 2.09. The Morgan fingerprint density at radius 1 is 0.559 bits per heavy atom. The predicted octanol–water partition coefficient (Wildman–Crippen LogP) is 2.54. The number of carbonyl (C=O) groups is 4. The Hall–Kier alpha value is -4.46. The Bertz CT molecular complexity index is 1050. The summed E-state index contributed by atoms with van der Waals surface area (Å²) in [7, 11) is 0. The highest BCUT2D eigenvalue weighted by atomic mass is 16.4. The summed E-state index contributed by atoms with van der Waals surface area (Å²) in [4.78, 5) is 48.3. The van der Waals surface area contributed by atoms with Crippen LogP contribution >= 0.6 is 0 Å². The van der Waals surface area contributed by atoms with Crippen LogP contribution < -0.4 is 10.6 Å². The van der Waals surface area contributed by atoms with Gasteiger partial charge in [0.1, 0.15) is 12.1 Å². The van der Waals surface area contributed by atoms with E-state index in [0.717, 1.165) is 11.1 Å². The van der Waals surface area contributed by atoms with Gasteiger partial charge < -0.3 is 20.8 Å². The molecular weight excluding hydrogens is 436 g/mol. The number of rotatable bonds is 10. The highest BCUT2D eigenvalue weighted by Gasteiger charge is 2.23. The van der Waals surface area contributed by atoms with Crippen molar-refractivity contribution in [1.82, 2.24) is 10.6 Å². The molecule has 0 unspecified atom stereocenters. The van der Waals surface area contributed by atoms with Gasteiger partial charge in [0, 0.05) is 24.0 Å². The lowest BCUT2D eigenvalue weighted by atomic mass is 10.0. The Balaban J connectivity index is 1.63. The van der Waals surface area contributed by atoms with Gasteiger partial charge in [-0.05, 0) is 35.4 Å². The second-order valence-electron chi connectivity index (χ2n) is 7.69. The molecule has 3 rings (SSSR count). The third kappa shape index (κ3) is 6.77. The van der Waals surface area contributed by atoms with Gasteiger partial charge in [-0.1, -0.05) is 60.7 Å². The molecule has 2 atom stereocenters. The molecule has 0 aromatic heterocycles. The number of carboxylic acids is 2. The molecule has 0 aliphatic heterocycles. The van der Waals surface area contributed by atoms with Gasteiger partial charge in [0.15, 0.2) is 0 Å². The van der Waals surface area contributed by atoms with E-state index in [1.807, 2.05) is 12.1 Å². The van der Waals surface area contributed by atoms with Gasteiger partial charge in [0.2, 0.25) is 0 Å². The summed E-state index contributed by atoms with van der Waals surface area (Å²) in [5.41, 5.74) is 1.89. The zero-order chi connectivity index (χ0) is 24.5. The minimum absolute atomic E-state index is 0.125. The normalized spacial score (nSPS) is 12.2. The SMILES string of the molecule is O=C(N[C@@H](Cc1ccccc1)C(=O)O)c1ccc(C(=O)N[C@H](Cc2ccccc2)C(=O)O)cc1. The first kappa shape index (κ1) is 24.2. The van der Waals surface area contributed by atoms with Crippen LogP contribution in [0.15, 0.2) is 84.9 Å². The molecule has 0 fully saturated rings. The first-order valence-corrected chi connectivity index (χ1v) is 10.6. The summed E-state index contributed by atoms with van der Waals surface area (Å²) in [5.74, 6) is -3.51. The lowest BCUT2D eigenvalue weighted by Crippen LogP contribution is -2.42. The Morgan fingerprint density at radius 2 is 0.882 bits per heavy atom. The fourth-order valence-corrected chi connectivity index (χ4v) is 3.36. The number of hydrogen-bond donors (Lipinski definition) is 4. The quantitative estimate of drug-likeness (QED) is 0.368. The van der Waals surface area contributed by atoms with Gasteiger partial charge in [-0.25, -0.2) is 9.59 Å². The summed E-state index contributed by atoms with van der Waals surface area (Å²) in [6, 6.07) is 21.2. The van der Waals surface area contributed by atoms with Crippen LogP contribution in [0.5, 0.6) is 0 Å². The molecule has 8 heteroatoms. The van der Waals surface area contributed by atoms with Gasteiger partial charge >= 0.3 is 11.9 Å². The first-order valence-electron chi connectivity index (χ1n) is 10.6. The van der Waals surface area contributed by atoms with Gasteiger partial charge in [0.05, 0.1) is 0 Å². The smallest absolute Gasteiger partial charge is 0.326 e. The largest absolute Gasteiger partial charge is 0.480 e. The van der Waals surface area contributed by atoms with Crippen molar-refractivity contribution in [1.29, 1.82) is 0 Å². The van der Waals surface area contributed by atoms with Crippen LogP contribution in [0.2, 0.25) is 0 Å². The van der Waals surface area contributed by atoms with Gasteiger partial charge in [-0.15, -0.1) is 0 Å². The molecule has 0 aliphatic carbocycles. The summed E-state index contributed by atoms with van der Waals surface area (Å²) in [5, 5.41) is 23.9. The first-order chi connectivity index (χ1) is 16.3. The van der Waals surface area contributed by atoms with Gasteiger partial charge in [-0.2, -0.15) is 0 Å². The van der Waals surface area contributed by atoms with Crippen LogP contribution in [0.4, 0.5) is 0 Å². The molecule has 174 valence electrons. The number of carbonyl (C=O) groups excluding carboxylic acids is 2. The zero-order valence-electron chi connectivity index (χ0n) is 18.2. The Labute approximate surface area is 196 Å². The third-order valence-corrected chi connectivity index (χ3v) is 5.18. The van der Waals surface area contributed by atoms with Crippen LogP contribution in [0.1, 0.15) is 31.8 Å². The van der Waals surface area contributed by atoms with E-state index in [4.69, 9.17) is 0 Å². The maximum absolute atomic E-state index is 12.5. The molecule has 4 N–H and O–H groups in total. The van der Waals surface area contributed by atoms with E-state index in [2.05, 4.69) is 10.6 Å². The number of aliphatic carboxylic acids is 2. The Kier molecular flexibility index (Phi) is 8.12. The average molecular weight is 460 g/mol. The number of nitrogens with one attached hydrogen (secondary N) is 2. The third-order valence-electron chi connectivity index (χ3n) is 5.18. The minimum Gasteiger partial charge on any atom is -0.480 e. The van der Waals surface area contributed by atoms with Crippen LogP contribution in [0.3, 0.4) is 0 Å². The van der Waals surface area contributed by atoms with Crippen molar-refractivity contribution < 1.29 is 29.4 Å². The molecular formula is C26H24N2O6. The number of hydrogen-bond acceptors (Lipinski definition) is 4. The average Bonchev–Trinajstić information content (AvgIpc) is 2.84. The summed E-state index contributed by atoms with van der Waals surface area (Å²) in [6.07, 6.45) is 0.251. The Morgan fingerprint density at radius 3 is 1.18 bits per heavy atom. The maximum Gasteiger partial charge on any atom is 0.326 e. The van der Waals surface area contributed by atoms with Crippen molar-refractivity contribution >= 4 is 23.8 Å². The monoisotopic (exact) mass is 460 g/mol. The number of benzene rings is 3. The van der Waals surface area contributed by atoms with Crippen molar-refractivity contribution in [2.75, 3.05) is 0 Å².